The van der Waals surface area contributed by atoms with Gasteiger partial charge in [-0.05, 0) is 26.1 Å². The van der Waals surface area contributed by atoms with Crippen molar-refractivity contribution in [2.24, 2.45) is 11.7 Å². The monoisotopic (exact) mass is 234 g/mol. The molecule has 3 nitrogen and oxygen atoms in total. The number of methoxy groups -OCH3 is 1. The molecule has 0 bridgehead atoms. The van der Waals surface area contributed by atoms with E-state index in [1.807, 2.05) is 11.8 Å². The molecule has 0 aromatic rings. The highest BCUT2D eigenvalue weighted by Crippen LogP contribution is 2.14. The molecular formula is C11H26N2OS. The van der Waals surface area contributed by atoms with Crippen LogP contribution < -0.4 is 5.73 Å². The van der Waals surface area contributed by atoms with Gasteiger partial charge in [0.2, 0.25) is 0 Å². The fraction of sp³-hybridized carbons (Fsp3) is 1.00. The Balaban J connectivity index is 4.24. The second-order valence-corrected chi connectivity index (χ2v) is 5.12. The minimum Gasteiger partial charge on any atom is -0.384 e. The van der Waals surface area contributed by atoms with Gasteiger partial charge in [-0.25, -0.2) is 0 Å². The molecule has 0 amide bonds. The normalized spacial score (nSPS) is 17.8. The molecule has 0 aliphatic heterocycles. The minimum atomic E-state index is 0.409. The molecule has 2 N–H and O–H groups in total. The first-order valence-electron chi connectivity index (χ1n) is 5.48. The molecule has 0 rings (SSSR count). The van der Waals surface area contributed by atoms with Crippen LogP contribution in [0.5, 0.6) is 0 Å². The summed E-state index contributed by atoms with van der Waals surface area (Å²) in [7, 11) is 3.90. The van der Waals surface area contributed by atoms with Crippen LogP contribution in [0, 0.1) is 5.92 Å². The number of hydrogen-bond donors (Lipinski definition) is 1. The zero-order valence-corrected chi connectivity index (χ0v) is 11.5. The van der Waals surface area contributed by atoms with Crippen LogP contribution in [0.1, 0.15) is 13.8 Å². The van der Waals surface area contributed by atoms with E-state index in [4.69, 9.17) is 10.5 Å². The lowest BCUT2D eigenvalue weighted by atomic mass is 10.0. The van der Waals surface area contributed by atoms with Crippen LogP contribution >= 0.6 is 11.8 Å². The summed E-state index contributed by atoms with van der Waals surface area (Å²) >= 11 is 1.88. The van der Waals surface area contributed by atoms with E-state index in [1.165, 1.54) is 0 Å². The third kappa shape index (κ3) is 5.20. The highest BCUT2D eigenvalue weighted by Gasteiger charge is 2.23. The number of nitrogens with zero attached hydrogens (tertiary/aromatic N) is 1. The fourth-order valence-electron chi connectivity index (χ4n) is 1.86. The van der Waals surface area contributed by atoms with Gasteiger partial charge in [0.1, 0.15) is 0 Å². The molecule has 4 heteroatoms. The fourth-order valence-corrected chi connectivity index (χ4v) is 2.58. The summed E-state index contributed by atoms with van der Waals surface area (Å²) in [4.78, 5) is 2.38. The summed E-state index contributed by atoms with van der Waals surface area (Å²) in [6, 6.07) is 0.972. The Morgan fingerprint density at radius 1 is 1.40 bits per heavy atom. The van der Waals surface area contributed by atoms with Gasteiger partial charge in [0.15, 0.2) is 0 Å². The van der Waals surface area contributed by atoms with Crippen LogP contribution in [0.4, 0.5) is 0 Å². The van der Waals surface area contributed by atoms with E-state index in [0.717, 1.165) is 12.4 Å². The van der Waals surface area contributed by atoms with Crippen molar-refractivity contribution >= 4 is 11.8 Å². The van der Waals surface area contributed by atoms with E-state index >= 15 is 0 Å². The summed E-state index contributed by atoms with van der Waals surface area (Å²) in [5.41, 5.74) is 5.83. The van der Waals surface area contributed by atoms with Gasteiger partial charge in [-0.3, -0.25) is 4.90 Å². The number of hydrogen-bond acceptors (Lipinski definition) is 4. The number of thioether (sulfide) groups is 1. The molecule has 3 atom stereocenters. The Morgan fingerprint density at radius 2 is 2.00 bits per heavy atom. The number of ether oxygens (including phenoxy) is 1. The lowest BCUT2D eigenvalue weighted by Gasteiger charge is -2.35. The van der Waals surface area contributed by atoms with E-state index in [2.05, 4.69) is 32.1 Å². The van der Waals surface area contributed by atoms with Crippen LogP contribution in [-0.2, 0) is 4.74 Å². The molecule has 0 spiro atoms. The average molecular weight is 234 g/mol. The molecule has 92 valence electrons. The molecular weight excluding hydrogens is 208 g/mol. The predicted molar refractivity (Wildman–Crippen MR) is 69.5 cm³/mol. The summed E-state index contributed by atoms with van der Waals surface area (Å²) in [6.45, 7) is 5.92. The van der Waals surface area contributed by atoms with Crippen molar-refractivity contribution in [3.8, 4) is 0 Å². The third-order valence-corrected chi connectivity index (χ3v) is 3.77. The smallest absolute Gasteiger partial charge is 0.0503 e. The van der Waals surface area contributed by atoms with Crippen LogP contribution in [0.15, 0.2) is 0 Å². The van der Waals surface area contributed by atoms with Crippen molar-refractivity contribution < 1.29 is 4.74 Å². The molecule has 0 saturated carbocycles. The molecule has 0 aliphatic rings. The summed E-state index contributed by atoms with van der Waals surface area (Å²) in [5.74, 6) is 1.63. The Hall–Kier alpha value is 0.230. The summed E-state index contributed by atoms with van der Waals surface area (Å²) in [6.07, 6.45) is 2.14. The van der Waals surface area contributed by atoms with Gasteiger partial charge in [-0.1, -0.05) is 6.92 Å². The topological polar surface area (TPSA) is 38.5 Å². The molecule has 0 aliphatic carbocycles. The maximum absolute atomic E-state index is 5.83. The van der Waals surface area contributed by atoms with Crippen molar-refractivity contribution in [2.75, 3.05) is 39.3 Å². The van der Waals surface area contributed by atoms with Crippen LogP contribution in [-0.4, -0.2) is 56.3 Å². The van der Waals surface area contributed by atoms with E-state index in [1.54, 1.807) is 7.11 Å². The van der Waals surface area contributed by atoms with Crippen molar-refractivity contribution in [1.29, 1.82) is 0 Å². The predicted octanol–water partition coefficient (Wildman–Crippen LogP) is 1.28. The Labute approximate surface area is 98.7 Å². The second-order valence-electron chi connectivity index (χ2n) is 4.21. The Bertz CT molecular complexity index is 158. The van der Waals surface area contributed by atoms with Crippen LogP contribution in [0.2, 0.25) is 0 Å². The SMILES string of the molecule is COCC(C)C(CN)N(C)C(C)CSC. The van der Waals surface area contributed by atoms with Gasteiger partial charge >= 0.3 is 0 Å². The third-order valence-electron chi connectivity index (χ3n) is 2.95. The lowest BCUT2D eigenvalue weighted by Crippen LogP contribution is -2.48. The number of likely N-dealkylation sites (N-methyl/N-ethyl adjacent to an activating group) is 1. The van der Waals surface area contributed by atoms with Gasteiger partial charge in [0, 0.05) is 31.5 Å². The largest absolute Gasteiger partial charge is 0.384 e. The maximum Gasteiger partial charge on any atom is 0.0503 e. The van der Waals surface area contributed by atoms with Crippen LogP contribution in [0.25, 0.3) is 0 Å². The van der Waals surface area contributed by atoms with E-state index < -0.39 is 0 Å². The van der Waals surface area contributed by atoms with Gasteiger partial charge < -0.3 is 10.5 Å². The van der Waals surface area contributed by atoms with Gasteiger partial charge in [0.05, 0.1) is 6.61 Å². The minimum absolute atomic E-state index is 0.409. The van der Waals surface area contributed by atoms with Crippen LogP contribution in [0.3, 0.4) is 0 Å². The van der Waals surface area contributed by atoms with Crippen molar-refractivity contribution in [2.45, 2.75) is 25.9 Å². The van der Waals surface area contributed by atoms with E-state index in [0.29, 0.717) is 24.5 Å². The molecule has 0 aromatic carbocycles. The number of rotatable bonds is 8. The highest BCUT2D eigenvalue weighted by atomic mass is 32.2. The van der Waals surface area contributed by atoms with Crippen molar-refractivity contribution in [1.82, 2.24) is 4.90 Å². The summed E-state index contributed by atoms with van der Waals surface area (Å²) < 4.78 is 5.19. The molecule has 0 fully saturated rings. The first kappa shape index (κ1) is 15.2. The van der Waals surface area contributed by atoms with Crippen molar-refractivity contribution in [3.63, 3.8) is 0 Å². The van der Waals surface area contributed by atoms with Gasteiger partial charge in [0.25, 0.3) is 0 Å². The molecule has 0 radical (unpaired) electrons. The van der Waals surface area contributed by atoms with Crippen molar-refractivity contribution in [3.05, 3.63) is 0 Å². The second kappa shape index (κ2) is 8.39. The first-order valence-corrected chi connectivity index (χ1v) is 6.87. The zero-order valence-electron chi connectivity index (χ0n) is 10.7. The maximum atomic E-state index is 5.83. The zero-order chi connectivity index (χ0) is 11.8. The molecule has 3 unspecified atom stereocenters. The van der Waals surface area contributed by atoms with E-state index in [9.17, 15) is 0 Å². The first-order chi connectivity index (χ1) is 7.08. The standard InChI is InChI=1S/C11H26N2OS/c1-9(7-14-4)11(6-12)13(3)10(2)8-15-5/h9-11H,6-8,12H2,1-5H3. The molecule has 0 aromatic heterocycles. The average Bonchev–Trinajstić information content (AvgIpc) is 2.19. The van der Waals surface area contributed by atoms with E-state index in [-0.39, 0.29) is 0 Å². The summed E-state index contributed by atoms with van der Waals surface area (Å²) in [5, 5.41) is 0. The molecule has 15 heavy (non-hydrogen) atoms. The molecule has 0 saturated heterocycles. The number of nitrogens with two attached hydrogens (primary N) is 1. The lowest BCUT2D eigenvalue weighted by molar-refractivity contribution is 0.0852. The molecule has 0 heterocycles. The van der Waals surface area contributed by atoms with Gasteiger partial charge in [-0.2, -0.15) is 11.8 Å². The Morgan fingerprint density at radius 3 is 2.40 bits per heavy atom. The quantitative estimate of drug-likeness (QED) is 0.687. The Kier molecular flexibility index (Phi) is 8.52. The van der Waals surface area contributed by atoms with Gasteiger partial charge in [-0.15, -0.1) is 0 Å². The highest BCUT2D eigenvalue weighted by molar-refractivity contribution is 7.98.